The Balaban J connectivity index is 2.29. The highest BCUT2D eigenvalue weighted by atomic mass is 127. The molecule has 1 aliphatic carbocycles. The summed E-state index contributed by atoms with van der Waals surface area (Å²) in [6, 6.07) is 8.63. The van der Waals surface area contributed by atoms with Crippen LogP contribution in [-0.2, 0) is 0 Å². The van der Waals surface area contributed by atoms with Crippen LogP contribution in [0.4, 0.5) is 0 Å². The van der Waals surface area contributed by atoms with E-state index in [-0.39, 0.29) is 0 Å². The fourth-order valence-corrected chi connectivity index (χ4v) is 3.81. The summed E-state index contributed by atoms with van der Waals surface area (Å²) >= 11 is 6.22. The predicted octanol–water partition coefficient (Wildman–Crippen LogP) is 4.52. The lowest BCUT2D eigenvalue weighted by Crippen LogP contribution is -2.04. The van der Waals surface area contributed by atoms with Crippen LogP contribution in [0.1, 0.15) is 30.7 Å². The second-order valence-corrected chi connectivity index (χ2v) is 6.03. The lowest BCUT2D eigenvalue weighted by molar-refractivity contribution is 0.746. The molecular formula is C11H12BrI. The Morgan fingerprint density at radius 3 is 2.62 bits per heavy atom. The van der Waals surface area contributed by atoms with Gasteiger partial charge < -0.3 is 0 Å². The molecule has 1 aliphatic rings. The Kier molecular flexibility index (Phi) is 3.30. The van der Waals surface area contributed by atoms with Crippen LogP contribution in [-0.4, -0.2) is 3.92 Å². The summed E-state index contributed by atoms with van der Waals surface area (Å²) in [6.07, 6.45) is 4.13. The number of hydrogen-bond acceptors (Lipinski definition) is 0. The van der Waals surface area contributed by atoms with Crippen LogP contribution in [0.15, 0.2) is 28.7 Å². The van der Waals surface area contributed by atoms with E-state index in [0.717, 1.165) is 9.84 Å². The van der Waals surface area contributed by atoms with E-state index >= 15 is 0 Å². The topological polar surface area (TPSA) is 0 Å². The van der Waals surface area contributed by atoms with Gasteiger partial charge >= 0.3 is 0 Å². The van der Waals surface area contributed by atoms with Gasteiger partial charge in [-0.3, -0.25) is 0 Å². The Morgan fingerprint density at radius 2 is 2.00 bits per heavy atom. The molecule has 2 heteroatoms. The molecule has 0 spiro atoms. The molecule has 13 heavy (non-hydrogen) atoms. The quantitative estimate of drug-likeness (QED) is 0.516. The number of alkyl halides is 1. The third kappa shape index (κ3) is 2.09. The monoisotopic (exact) mass is 350 g/mol. The molecule has 2 unspecified atom stereocenters. The first-order valence-corrected chi connectivity index (χ1v) is 6.71. The van der Waals surface area contributed by atoms with Crippen molar-refractivity contribution in [3.8, 4) is 0 Å². The second-order valence-electron chi connectivity index (χ2n) is 3.57. The van der Waals surface area contributed by atoms with Crippen LogP contribution in [0.2, 0.25) is 0 Å². The van der Waals surface area contributed by atoms with Crippen LogP contribution in [0.5, 0.6) is 0 Å². The molecule has 1 aromatic carbocycles. The molecular weight excluding hydrogens is 339 g/mol. The zero-order valence-electron chi connectivity index (χ0n) is 7.34. The Labute approximate surface area is 101 Å². The van der Waals surface area contributed by atoms with Crippen molar-refractivity contribution in [2.45, 2.75) is 29.1 Å². The molecule has 0 bridgehead atoms. The van der Waals surface area contributed by atoms with Crippen molar-refractivity contribution in [1.29, 1.82) is 0 Å². The molecule has 0 radical (unpaired) electrons. The third-order valence-electron chi connectivity index (χ3n) is 2.74. The van der Waals surface area contributed by atoms with E-state index in [1.165, 1.54) is 29.3 Å². The van der Waals surface area contributed by atoms with Gasteiger partial charge in [0.2, 0.25) is 0 Å². The van der Waals surface area contributed by atoms with E-state index in [2.05, 4.69) is 62.8 Å². The second kappa shape index (κ2) is 4.30. The van der Waals surface area contributed by atoms with Gasteiger partial charge in [-0.05, 0) is 30.4 Å². The van der Waals surface area contributed by atoms with Crippen molar-refractivity contribution >= 4 is 38.5 Å². The summed E-state index contributed by atoms with van der Waals surface area (Å²) in [6.45, 7) is 0. The smallest absolute Gasteiger partial charge is 0.0210 e. The maximum atomic E-state index is 3.63. The summed E-state index contributed by atoms with van der Waals surface area (Å²) in [5.41, 5.74) is 1.50. The lowest BCUT2D eigenvalue weighted by atomic mass is 9.98. The SMILES string of the molecule is Brc1ccccc1C1CCCC1I. The van der Waals surface area contributed by atoms with Crippen LogP contribution >= 0.6 is 38.5 Å². The van der Waals surface area contributed by atoms with Crippen molar-refractivity contribution in [1.82, 2.24) is 0 Å². The zero-order chi connectivity index (χ0) is 9.26. The molecule has 0 amide bonds. The summed E-state index contributed by atoms with van der Waals surface area (Å²) < 4.78 is 2.11. The van der Waals surface area contributed by atoms with Crippen LogP contribution in [0.3, 0.4) is 0 Å². The molecule has 0 N–H and O–H groups in total. The van der Waals surface area contributed by atoms with Gasteiger partial charge in [0.15, 0.2) is 0 Å². The van der Waals surface area contributed by atoms with Crippen molar-refractivity contribution in [3.05, 3.63) is 34.3 Å². The summed E-state index contributed by atoms with van der Waals surface area (Å²) in [5, 5.41) is 0. The number of rotatable bonds is 1. The number of hydrogen-bond donors (Lipinski definition) is 0. The maximum Gasteiger partial charge on any atom is 0.0210 e. The van der Waals surface area contributed by atoms with E-state index in [4.69, 9.17) is 0 Å². The van der Waals surface area contributed by atoms with E-state index < -0.39 is 0 Å². The third-order valence-corrected chi connectivity index (χ3v) is 4.95. The molecule has 0 heterocycles. The van der Waals surface area contributed by atoms with Crippen LogP contribution in [0, 0.1) is 0 Å². The van der Waals surface area contributed by atoms with Gasteiger partial charge in [-0.1, -0.05) is 63.1 Å². The Hall–Kier alpha value is 0.430. The summed E-state index contributed by atoms with van der Waals surface area (Å²) in [5.74, 6) is 0.774. The first-order chi connectivity index (χ1) is 6.29. The minimum Gasteiger partial charge on any atom is -0.0820 e. The van der Waals surface area contributed by atoms with E-state index in [9.17, 15) is 0 Å². The van der Waals surface area contributed by atoms with Gasteiger partial charge in [0, 0.05) is 8.40 Å². The van der Waals surface area contributed by atoms with E-state index in [1.807, 2.05) is 0 Å². The van der Waals surface area contributed by atoms with E-state index in [1.54, 1.807) is 0 Å². The van der Waals surface area contributed by atoms with E-state index in [0.29, 0.717) is 0 Å². The molecule has 1 fully saturated rings. The normalized spacial score (nSPS) is 27.8. The summed E-state index contributed by atoms with van der Waals surface area (Å²) in [4.78, 5) is 0. The maximum absolute atomic E-state index is 3.63. The average molecular weight is 351 g/mol. The lowest BCUT2D eigenvalue weighted by Gasteiger charge is -2.15. The minimum atomic E-state index is 0.774. The predicted molar refractivity (Wildman–Crippen MR) is 68.5 cm³/mol. The summed E-state index contributed by atoms with van der Waals surface area (Å²) in [7, 11) is 0. The number of benzene rings is 1. The number of halogens is 2. The van der Waals surface area contributed by atoms with Gasteiger partial charge in [-0.2, -0.15) is 0 Å². The molecule has 0 saturated heterocycles. The zero-order valence-corrected chi connectivity index (χ0v) is 11.1. The fraction of sp³-hybridized carbons (Fsp3) is 0.455. The first-order valence-electron chi connectivity index (χ1n) is 4.67. The highest BCUT2D eigenvalue weighted by Crippen LogP contribution is 2.41. The Bertz CT molecular complexity index is 298. The molecule has 2 rings (SSSR count). The van der Waals surface area contributed by atoms with Crippen molar-refractivity contribution < 1.29 is 0 Å². The highest BCUT2D eigenvalue weighted by molar-refractivity contribution is 14.1. The standard InChI is InChI=1S/C11H12BrI/c12-10-6-2-1-4-8(10)9-5-3-7-11(9)13/h1-2,4,6,9,11H,3,5,7H2. The Morgan fingerprint density at radius 1 is 1.23 bits per heavy atom. The van der Waals surface area contributed by atoms with Gasteiger partial charge in [0.05, 0.1) is 0 Å². The molecule has 1 saturated carbocycles. The van der Waals surface area contributed by atoms with Crippen LogP contribution in [0.25, 0.3) is 0 Å². The first kappa shape index (κ1) is 9.97. The molecule has 0 aromatic heterocycles. The van der Waals surface area contributed by atoms with Crippen molar-refractivity contribution in [2.75, 3.05) is 0 Å². The van der Waals surface area contributed by atoms with Gasteiger partial charge in [-0.25, -0.2) is 0 Å². The van der Waals surface area contributed by atoms with Gasteiger partial charge in [0.1, 0.15) is 0 Å². The molecule has 2 atom stereocenters. The largest absolute Gasteiger partial charge is 0.0820 e. The molecule has 1 aromatic rings. The van der Waals surface area contributed by atoms with Crippen molar-refractivity contribution in [2.24, 2.45) is 0 Å². The highest BCUT2D eigenvalue weighted by Gasteiger charge is 2.27. The average Bonchev–Trinajstić information content (AvgIpc) is 2.52. The van der Waals surface area contributed by atoms with Gasteiger partial charge in [-0.15, -0.1) is 0 Å². The minimum absolute atomic E-state index is 0.774. The molecule has 70 valence electrons. The fourth-order valence-electron chi connectivity index (χ4n) is 2.04. The van der Waals surface area contributed by atoms with Crippen molar-refractivity contribution in [3.63, 3.8) is 0 Å². The molecule has 0 nitrogen and oxygen atoms in total. The molecule has 0 aliphatic heterocycles. The van der Waals surface area contributed by atoms with Crippen LogP contribution < -0.4 is 0 Å². The van der Waals surface area contributed by atoms with Gasteiger partial charge in [0.25, 0.3) is 0 Å².